The molecule has 130 valence electrons. The molecular formula is C21H17NO2S2. The Morgan fingerprint density at radius 2 is 1.81 bits per heavy atom. The van der Waals surface area contributed by atoms with Crippen molar-refractivity contribution < 1.29 is 9.59 Å². The molecule has 0 saturated carbocycles. The number of carbonyl (C=O) groups is 2. The van der Waals surface area contributed by atoms with E-state index in [0.717, 1.165) is 27.9 Å². The molecule has 1 aliphatic rings. The Kier molecular flexibility index (Phi) is 4.42. The smallest absolute Gasteiger partial charge is 0.258 e. The van der Waals surface area contributed by atoms with Gasteiger partial charge < -0.3 is 4.90 Å². The van der Waals surface area contributed by atoms with Crippen molar-refractivity contribution in [3.05, 3.63) is 76.7 Å². The second kappa shape index (κ2) is 6.74. The first-order valence-electron chi connectivity index (χ1n) is 8.36. The molecule has 1 unspecified atom stereocenters. The van der Waals surface area contributed by atoms with Crippen molar-refractivity contribution in [2.45, 2.75) is 19.4 Å². The average molecular weight is 380 g/mol. The van der Waals surface area contributed by atoms with Crippen LogP contribution in [0.2, 0.25) is 0 Å². The fourth-order valence-corrected chi connectivity index (χ4v) is 4.22. The Labute approximate surface area is 161 Å². The van der Waals surface area contributed by atoms with Crippen molar-refractivity contribution in [1.82, 2.24) is 0 Å². The second-order valence-electron chi connectivity index (χ2n) is 6.35. The molecule has 0 bridgehead atoms. The van der Waals surface area contributed by atoms with Gasteiger partial charge in [-0.2, -0.15) is 0 Å². The van der Waals surface area contributed by atoms with E-state index in [1.807, 2.05) is 54.8 Å². The van der Waals surface area contributed by atoms with Gasteiger partial charge in [-0.05, 0) is 46.3 Å². The lowest BCUT2D eigenvalue weighted by molar-refractivity contribution is -0.111. The highest BCUT2D eigenvalue weighted by atomic mass is 32.1. The molecule has 3 aromatic rings. The predicted octanol–water partition coefficient (Wildman–Crippen LogP) is 5.14. The molecule has 26 heavy (non-hydrogen) atoms. The van der Waals surface area contributed by atoms with Crippen LogP contribution in [0.1, 0.15) is 34.3 Å². The van der Waals surface area contributed by atoms with Gasteiger partial charge >= 0.3 is 0 Å². The van der Waals surface area contributed by atoms with Crippen LogP contribution in [0.5, 0.6) is 0 Å². The molecule has 1 aliphatic heterocycles. The van der Waals surface area contributed by atoms with Gasteiger partial charge in [0, 0.05) is 16.1 Å². The van der Waals surface area contributed by atoms with Gasteiger partial charge in [-0.25, -0.2) is 0 Å². The minimum atomic E-state index is -0.260. The normalized spacial score (nSPS) is 14.4. The van der Waals surface area contributed by atoms with Crippen LogP contribution in [0, 0.1) is 0 Å². The lowest BCUT2D eigenvalue weighted by atomic mass is 10.0. The summed E-state index contributed by atoms with van der Waals surface area (Å²) in [6.45, 7) is 2.39. The van der Waals surface area contributed by atoms with Crippen LogP contribution in [0.15, 0.2) is 60.0 Å². The topological polar surface area (TPSA) is 37.4 Å². The molecule has 0 spiro atoms. The van der Waals surface area contributed by atoms with Crippen LogP contribution in [0.25, 0.3) is 10.4 Å². The molecule has 0 saturated heterocycles. The first kappa shape index (κ1) is 17.1. The van der Waals surface area contributed by atoms with Gasteiger partial charge in [0.25, 0.3) is 5.91 Å². The van der Waals surface area contributed by atoms with E-state index in [2.05, 4.69) is 24.8 Å². The van der Waals surface area contributed by atoms with Crippen LogP contribution < -0.4 is 4.90 Å². The summed E-state index contributed by atoms with van der Waals surface area (Å²) in [4.78, 5) is 27.3. The van der Waals surface area contributed by atoms with Crippen molar-refractivity contribution >= 4 is 40.7 Å². The largest absolute Gasteiger partial charge is 0.304 e. The van der Waals surface area contributed by atoms with Gasteiger partial charge in [0.15, 0.2) is 5.12 Å². The number of rotatable bonds is 4. The van der Waals surface area contributed by atoms with Crippen molar-refractivity contribution in [2.24, 2.45) is 0 Å². The van der Waals surface area contributed by atoms with Crippen LogP contribution in [-0.4, -0.2) is 11.0 Å². The summed E-state index contributed by atoms with van der Waals surface area (Å²) in [6.07, 6.45) is 0. The highest BCUT2D eigenvalue weighted by Gasteiger charge is 2.30. The number of benzene rings is 2. The van der Waals surface area contributed by atoms with Crippen LogP contribution in [-0.2, 0) is 11.3 Å². The predicted molar refractivity (Wildman–Crippen MR) is 109 cm³/mol. The molecule has 1 atom stereocenters. The quantitative estimate of drug-likeness (QED) is 0.638. The van der Waals surface area contributed by atoms with Gasteiger partial charge in [-0.3, -0.25) is 9.59 Å². The Balaban J connectivity index is 1.67. The van der Waals surface area contributed by atoms with E-state index in [1.165, 1.54) is 4.88 Å². The zero-order chi connectivity index (χ0) is 18.3. The summed E-state index contributed by atoms with van der Waals surface area (Å²) in [5.41, 5.74) is 4.70. The highest BCUT2D eigenvalue weighted by Crippen LogP contribution is 2.37. The molecule has 5 heteroatoms. The summed E-state index contributed by atoms with van der Waals surface area (Å²) in [6, 6.07) is 17.6. The third-order valence-corrected chi connectivity index (χ3v) is 6.12. The second-order valence-corrected chi connectivity index (χ2v) is 7.74. The maximum Gasteiger partial charge on any atom is 0.258 e. The van der Waals surface area contributed by atoms with Crippen molar-refractivity contribution in [3.63, 3.8) is 0 Å². The highest BCUT2D eigenvalue weighted by molar-refractivity contribution is 7.96. The first-order valence-corrected chi connectivity index (χ1v) is 9.69. The van der Waals surface area contributed by atoms with Crippen molar-refractivity contribution in [3.8, 4) is 10.4 Å². The van der Waals surface area contributed by atoms with Gasteiger partial charge in [0.05, 0.1) is 12.5 Å². The van der Waals surface area contributed by atoms with Crippen LogP contribution in [0.3, 0.4) is 0 Å². The first-order chi connectivity index (χ1) is 12.6. The fraction of sp³-hybridized carbons (Fsp3) is 0.143. The van der Waals surface area contributed by atoms with Gasteiger partial charge in [0.2, 0.25) is 0 Å². The van der Waals surface area contributed by atoms with Crippen LogP contribution in [0.4, 0.5) is 5.69 Å². The Morgan fingerprint density at radius 3 is 2.46 bits per heavy atom. The molecule has 2 aromatic carbocycles. The zero-order valence-electron chi connectivity index (χ0n) is 14.2. The number of fused-ring (bicyclic) bond motifs is 1. The van der Waals surface area contributed by atoms with E-state index in [9.17, 15) is 9.59 Å². The van der Waals surface area contributed by atoms with E-state index >= 15 is 0 Å². The molecule has 2 heterocycles. The van der Waals surface area contributed by atoms with E-state index in [1.54, 1.807) is 16.2 Å². The van der Waals surface area contributed by atoms with Crippen molar-refractivity contribution in [1.29, 1.82) is 0 Å². The number of hydrogen-bond acceptors (Lipinski definition) is 3. The van der Waals surface area contributed by atoms with Gasteiger partial charge in [-0.15, -0.1) is 24.0 Å². The minimum absolute atomic E-state index is 0.0180. The molecular weight excluding hydrogens is 362 g/mol. The molecule has 0 fully saturated rings. The lowest BCUT2D eigenvalue weighted by Gasteiger charge is -2.17. The summed E-state index contributed by atoms with van der Waals surface area (Å²) in [7, 11) is 0. The Hall–Kier alpha value is -2.37. The molecule has 4 rings (SSSR count). The molecule has 0 N–H and O–H groups in total. The van der Waals surface area contributed by atoms with E-state index in [-0.39, 0.29) is 16.9 Å². The maximum absolute atomic E-state index is 12.9. The zero-order valence-corrected chi connectivity index (χ0v) is 15.9. The summed E-state index contributed by atoms with van der Waals surface area (Å²) < 4.78 is 0. The summed E-state index contributed by atoms with van der Waals surface area (Å²) >= 11 is 5.58. The number of thiophene rings is 1. The molecule has 1 amide bonds. The number of anilines is 1. The number of hydrogen-bond donors (Lipinski definition) is 1. The maximum atomic E-state index is 12.9. The van der Waals surface area contributed by atoms with E-state index < -0.39 is 0 Å². The minimum Gasteiger partial charge on any atom is -0.304 e. The molecule has 0 radical (unpaired) electrons. The molecule has 0 aliphatic carbocycles. The van der Waals surface area contributed by atoms with E-state index in [0.29, 0.717) is 6.54 Å². The van der Waals surface area contributed by atoms with Crippen molar-refractivity contribution in [2.75, 3.05) is 4.90 Å². The van der Waals surface area contributed by atoms with Gasteiger partial charge in [-0.1, -0.05) is 37.3 Å². The van der Waals surface area contributed by atoms with Crippen LogP contribution >= 0.6 is 24.0 Å². The third-order valence-electron chi connectivity index (χ3n) is 4.83. The summed E-state index contributed by atoms with van der Waals surface area (Å²) in [5, 5.41) is 1.88. The number of amides is 1. The molecule has 1 aromatic heterocycles. The summed E-state index contributed by atoms with van der Waals surface area (Å²) in [5.74, 6) is -0.242. The number of thiol groups is 1. The Bertz CT molecular complexity index is 978. The number of carbonyl (C=O) groups excluding carboxylic acids is 2. The average Bonchev–Trinajstić information content (AvgIpc) is 3.30. The fourth-order valence-electron chi connectivity index (χ4n) is 3.29. The molecule has 3 nitrogen and oxygen atoms in total. The van der Waals surface area contributed by atoms with Gasteiger partial charge in [0.1, 0.15) is 0 Å². The SMILES string of the molecule is CC(C(=O)S)c1ccc(N2Cc3c(cccc3-c3cccs3)C2=O)cc1. The third kappa shape index (κ3) is 2.87. The van der Waals surface area contributed by atoms with E-state index in [4.69, 9.17) is 0 Å². The number of nitrogens with zero attached hydrogens (tertiary/aromatic N) is 1. The lowest BCUT2D eigenvalue weighted by Crippen LogP contribution is -2.22. The Morgan fingerprint density at radius 1 is 1.08 bits per heavy atom. The standard InChI is InChI=1S/C21H17NO2S2/c1-13(21(24)25)14-7-9-15(10-8-14)22-12-18-16(19-6-3-11-26-19)4-2-5-17(18)20(22)23/h2-11,13H,12H2,1H3,(H,24,25). The monoisotopic (exact) mass is 379 g/mol.